The fourth-order valence-corrected chi connectivity index (χ4v) is 9.24. The molecule has 5 nitrogen and oxygen atoms in total. The Labute approximate surface area is 152 Å². The van der Waals surface area contributed by atoms with Gasteiger partial charge in [-0.05, 0) is 68.1 Å². The molecule has 2 aromatic rings. The van der Waals surface area contributed by atoms with E-state index in [0.29, 0.717) is 12.8 Å². The first-order valence-corrected chi connectivity index (χ1v) is 14.3. The lowest BCUT2D eigenvalue weighted by Crippen LogP contribution is -2.50. The first-order valence-electron chi connectivity index (χ1n) is 8.32. The minimum atomic E-state index is -2.25. The van der Waals surface area contributed by atoms with Gasteiger partial charge in [0.25, 0.3) is 0 Å². The Morgan fingerprint density at radius 1 is 0.800 bits per heavy atom. The smallest absolute Gasteiger partial charge is 0.321 e. The summed E-state index contributed by atoms with van der Waals surface area (Å²) >= 11 is 0. The number of anilines is 2. The second-order valence-electron chi connectivity index (χ2n) is 7.15. The van der Waals surface area contributed by atoms with Gasteiger partial charge in [-0.1, -0.05) is 12.1 Å². The maximum absolute atomic E-state index is 6.40. The van der Waals surface area contributed by atoms with Crippen molar-refractivity contribution in [2.24, 2.45) is 0 Å². The van der Waals surface area contributed by atoms with Crippen LogP contribution in [-0.4, -0.2) is 23.1 Å². The fraction of sp³-hybridized carbons (Fsp3) is 0.333. The molecule has 136 valence electrons. The Kier molecular flexibility index (Phi) is 6.28. The number of hydrogen-bond donors (Lipinski definition) is 2. The van der Waals surface area contributed by atoms with Gasteiger partial charge in [0.15, 0.2) is 0 Å². The SMILES string of the molecule is C[Si](C)(COc1ccc(N)cc1)O[Si](C)(C)OCc1ccc(N)cc1. The van der Waals surface area contributed by atoms with Crippen LogP contribution in [-0.2, 0) is 15.1 Å². The molecular formula is C18H28N2O3Si2. The molecule has 0 bridgehead atoms. The van der Waals surface area contributed by atoms with E-state index in [-0.39, 0.29) is 0 Å². The van der Waals surface area contributed by atoms with Crippen molar-refractivity contribution in [3.8, 4) is 5.75 Å². The van der Waals surface area contributed by atoms with Crippen LogP contribution < -0.4 is 16.2 Å². The average Bonchev–Trinajstić information content (AvgIpc) is 2.53. The number of nitrogen functional groups attached to an aromatic ring is 2. The van der Waals surface area contributed by atoms with Crippen LogP contribution in [0.4, 0.5) is 11.4 Å². The highest BCUT2D eigenvalue weighted by atomic mass is 28.4. The standard InChI is InChI=1S/C18H28N2O3Si2/c1-24(2,14-21-18-11-9-17(20)10-12-18)23-25(3,4)22-13-15-5-7-16(19)8-6-15/h5-12H,13-14,19-20H2,1-4H3. The molecule has 2 rings (SSSR count). The molecule has 0 aliphatic rings. The van der Waals surface area contributed by atoms with Crippen LogP contribution in [0.25, 0.3) is 0 Å². The van der Waals surface area contributed by atoms with Gasteiger partial charge in [-0.15, -0.1) is 0 Å². The molecule has 7 heteroatoms. The molecule has 0 spiro atoms. The Morgan fingerprint density at radius 2 is 1.32 bits per heavy atom. The third-order valence-corrected chi connectivity index (χ3v) is 9.41. The van der Waals surface area contributed by atoms with Crippen LogP contribution in [0.2, 0.25) is 26.2 Å². The highest BCUT2D eigenvalue weighted by molar-refractivity contribution is 6.82. The minimum Gasteiger partial charge on any atom is -0.494 e. The van der Waals surface area contributed by atoms with E-state index in [1.807, 2.05) is 48.5 Å². The van der Waals surface area contributed by atoms with E-state index in [1.165, 1.54) is 0 Å². The van der Waals surface area contributed by atoms with Crippen molar-refractivity contribution in [2.75, 3.05) is 17.7 Å². The quantitative estimate of drug-likeness (QED) is 0.539. The zero-order valence-electron chi connectivity index (χ0n) is 15.4. The minimum absolute atomic E-state index is 0.531. The van der Waals surface area contributed by atoms with Crippen molar-refractivity contribution in [3.05, 3.63) is 54.1 Å². The third kappa shape index (κ3) is 6.91. The molecule has 0 unspecified atom stereocenters. The molecule has 2 aromatic carbocycles. The van der Waals surface area contributed by atoms with Crippen molar-refractivity contribution in [3.63, 3.8) is 0 Å². The molecule has 0 atom stereocenters. The van der Waals surface area contributed by atoms with Gasteiger partial charge in [-0.25, -0.2) is 0 Å². The normalized spacial score (nSPS) is 12.2. The Hall–Kier alpha value is -1.81. The zero-order chi connectivity index (χ0) is 18.5. The zero-order valence-corrected chi connectivity index (χ0v) is 17.4. The van der Waals surface area contributed by atoms with Gasteiger partial charge in [0, 0.05) is 11.4 Å². The average molecular weight is 377 g/mol. The van der Waals surface area contributed by atoms with Gasteiger partial charge >= 0.3 is 8.56 Å². The number of benzene rings is 2. The van der Waals surface area contributed by atoms with E-state index in [2.05, 4.69) is 26.2 Å². The summed E-state index contributed by atoms with van der Waals surface area (Å²) in [6, 6.07) is 15.1. The molecule has 0 aromatic heterocycles. The van der Waals surface area contributed by atoms with Gasteiger partial charge in [-0.2, -0.15) is 0 Å². The second kappa shape index (κ2) is 8.05. The maximum atomic E-state index is 6.40. The lowest BCUT2D eigenvalue weighted by Gasteiger charge is -2.33. The fourth-order valence-electron chi connectivity index (χ4n) is 2.42. The monoisotopic (exact) mass is 376 g/mol. The van der Waals surface area contributed by atoms with Crippen LogP contribution in [0.1, 0.15) is 5.56 Å². The summed E-state index contributed by atoms with van der Waals surface area (Å²) in [5.41, 5.74) is 14.0. The third-order valence-electron chi connectivity index (χ3n) is 3.55. The summed E-state index contributed by atoms with van der Waals surface area (Å²) in [4.78, 5) is 0. The number of rotatable bonds is 8. The van der Waals surface area contributed by atoms with E-state index in [0.717, 1.165) is 22.7 Å². The Bertz CT molecular complexity index is 614. The first kappa shape index (κ1) is 19.5. The van der Waals surface area contributed by atoms with E-state index in [4.69, 9.17) is 24.7 Å². The van der Waals surface area contributed by atoms with Gasteiger partial charge in [-0.3, -0.25) is 0 Å². The second-order valence-corrected chi connectivity index (χ2v) is 14.9. The number of hydrogen-bond acceptors (Lipinski definition) is 5. The van der Waals surface area contributed by atoms with E-state index < -0.39 is 16.9 Å². The van der Waals surface area contributed by atoms with Crippen LogP contribution in [0, 0.1) is 0 Å². The Morgan fingerprint density at radius 3 is 1.88 bits per heavy atom. The van der Waals surface area contributed by atoms with Crippen molar-refractivity contribution in [1.29, 1.82) is 0 Å². The van der Waals surface area contributed by atoms with Crippen LogP contribution >= 0.6 is 0 Å². The Balaban J connectivity index is 1.85. The number of ether oxygens (including phenoxy) is 1. The van der Waals surface area contributed by atoms with Gasteiger partial charge in [0.05, 0.1) is 6.61 Å². The summed E-state index contributed by atoms with van der Waals surface area (Å²) in [6.07, 6.45) is 0.568. The molecule has 0 saturated heterocycles. The lowest BCUT2D eigenvalue weighted by molar-refractivity contribution is 0.229. The van der Waals surface area contributed by atoms with Gasteiger partial charge in [0.2, 0.25) is 8.32 Å². The molecule has 0 radical (unpaired) electrons. The van der Waals surface area contributed by atoms with Gasteiger partial charge < -0.3 is 24.7 Å². The van der Waals surface area contributed by atoms with Gasteiger partial charge in [0.1, 0.15) is 12.0 Å². The lowest BCUT2D eigenvalue weighted by atomic mass is 10.2. The molecule has 4 N–H and O–H groups in total. The summed E-state index contributed by atoms with van der Waals surface area (Å²) in [7, 11) is -4.27. The molecule has 0 heterocycles. The molecule has 0 saturated carbocycles. The molecule has 0 amide bonds. The molecule has 0 aliphatic heterocycles. The summed E-state index contributed by atoms with van der Waals surface area (Å²) in [5.74, 6) is 0.806. The molecule has 0 aliphatic carbocycles. The first-order chi connectivity index (χ1) is 11.7. The highest BCUT2D eigenvalue weighted by Gasteiger charge is 2.35. The van der Waals surface area contributed by atoms with E-state index in [9.17, 15) is 0 Å². The molecular weight excluding hydrogens is 348 g/mol. The highest BCUT2D eigenvalue weighted by Crippen LogP contribution is 2.20. The maximum Gasteiger partial charge on any atom is 0.321 e. The number of nitrogens with two attached hydrogens (primary N) is 2. The summed E-state index contributed by atoms with van der Waals surface area (Å²) in [6.45, 7) is 8.96. The van der Waals surface area contributed by atoms with Crippen LogP contribution in [0.5, 0.6) is 5.75 Å². The van der Waals surface area contributed by atoms with E-state index >= 15 is 0 Å². The summed E-state index contributed by atoms with van der Waals surface area (Å²) in [5, 5.41) is 0. The topological polar surface area (TPSA) is 79.7 Å². The van der Waals surface area contributed by atoms with Crippen molar-refractivity contribution in [1.82, 2.24) is 0 Å². The predicted octanol–water partition coefficient (Wildman–Crippen LogP) is 3.91. The molecule has 25 heavy (non-hydrogen) atoms. The van der Waals surface area contributed by atoms with Crippen LogP contribution in [0.3, 0.4) is 0 Å². The predicted molar refractivity (Wildman–Crippen MR) is 108 cm³/mol. The van der Waals surface area contributed by atoms with Crippen molar-refractivity contribution in [2.45, 2.75) is 32.8 Å². The molecule has 0 fully saturated rings. The van der Waals surface area contributed by atoms with Crippen molar-refractivity contribution < 1.29 is 13.3 Å². The van der Waals surface area contributed by atoms with Crippen molar-refractivity contribution >= 4 is 28.3 Å². The summed E-state index contributed by atoms with van der Waals surface area (Å²) < 4.78 is 18.4. The van der Waals surface area contributed by atoms with Crippen LogP contribution in [0.15, 0.2) is 48.5 Å². The largest absolute Gasteiger partial charge is 0.494 e. The van der Waals surface area contributed by atoms with E-state index in [1.54, 1.807) is 0 Å².